The molecule has 1 amide bonds. The van der Waals surface area contributed by atoms with Crippen molar-refractivity contribution in [3.05, 3.63) is 85.1 Å². The monoisotopic (exact) mass is 1100 g/mol. The molecule has 2 fully saturated rings. The van der Waals surface area contributed by atoms with Crippen molar-refractivity contribution < 1.29 is 64.6 Å². The Hall–Kier alpha value is -2.83. The summed E-state index contributed by atoms with van der Waals surface area (Å²) in [6.07, 6.45) is 48.6. The second-order valence-corrected chi connectivity index (χ2v) is 21.5. The van der Waals surface area contributed by atoms with Gasteiger partial charge in [-0.2, -0.15) is 0 Å². The number of unbranched alkanes of at least 4 members (excludes halogenated alkanes) is 21. The molecule has 14 nitrogen and oxygen atoms in total. The Labute approximate surface area is 471 Å². The van der Waals surface area contributed by atoms with E-state index in [-0.39, 0.29) is 18.9 Å². The van der Waals surface area contributed by atoms with Crippen LogP contribution >= 0.6 is 0 Å². The quantitative estimate of drug-likeness (QED) is 0.0204. The van der Waals surface area contributed by atoms with Gasteiger partial charge in [-0.25, -0.2) is 0 Å². The van der Waals surface area contributed by atoms with Crippen LogP contribution in [0.5, 0.6) is 0 Å². The van der Waals surface area contributed by atoms with Crippen LogP contribution in [0.1, 0.15) is 219 Å². The number of allylic oxidation sites excluding steroid dienone is 14. The molecule has 14 heteroatoms. The highest BCUT2D eigenvalue weighted by molar-refractivity contribution is 5.76. The van der Waals surface area contributed by atoms with Crippen LogP contribution in [-0.2, 0) is 23.7 Å². The summed E-state index contributed by atoms with van der Waals surface area (Å²) in [5, 5.41) is 87.3. The van der Waals surface area contributed by atoms with Gasteiger partial charge in [0.2, 0.25) is 5.91 Å². The van der Waals surface area contributed by atoms with Crippen molar-refractivity contribution in [3.8, 4) is 0 Å². The van der Waals surface area contributed by atoms with E-state index in [1.54, 1.807) is 0 Å². The third-order valence-corrected chi connectivity index (χ3v) is 14.6. The Morgan fingerprint density at radius 3 is 1.35 bits per heavy atom. The van der Waals surface area contributed by atoms with Gasteiger partial charge in [0.15, 0.2) is 12.6 Å². The highest BCUT2D eigenvalue weighted by atomic mass is 16.7. The predicted molar refractivity (Wildman–Crippen MR) is 313 cm³/mol. The van der Waals surface area contributed by atoms with Crippen LogP contribution in [0.4, 0.5) is 0 Å². The predicted octanol–water partition coefficient (Wildman–Crippen LogP) is 10.9. The summed E-state index contributed by atoms with van der Waals surface area (Å²) in [7, 11) is 0. The van der Waals surface area contributed by atoms with E-state index < -0.39 is 86.8 Å². The lowest BCUT2D eigenvalue weighted by atomic mass is 9.97. The van der Waals surface area contributed by atoms with E-state index in [0.29, 0.717) is 12.8 Å². The molecular formula is C64H111NO13. The number of hydrogen-bond acceptors (Lipinski definition) is 13. The van der Waals surface area contributed by atoms with Crippen LogP contribution in [0.15, 0.2) is 85.1 Å². The molecule has 450 valence electrons. The van der Waals surface area contributed by atoms with E-state index in [1.165, 1.54) is 96.3 Å². The lowest BCUT2D eigenvalue weighted by molar-refractivity contribution is -0.359. The van der Waals surface area contributed by atoms with Crippen LogP contribution in [0.25, 0.3) is 0 Å². The van der Waals surface area contributed by atoms with Gasteiger partial charge in [-0.15, -0.1) is 0 Å². The Bertz CT molecular complexity index is 1630. The van der Waals surface area contributed by atoms with E-state index in [4.69, 9.17) is 18.9 Å². The van der Waals surface area contributed by atoms with Crippen molar-refractivity contribution in [2.45, 2.75) is 293 Å². The van der Waals surface area contributed by atoms with Crippen LogP contribution < -0.4 is 5.32 Å². The van der Waals surface area contributed by atoms with Crippen molar-refractivity contribution in [2.75, 3.05) is 19.8 Å². The fourth-order valence-electron chi connectivity index (χ4n) is 9.69. The minimum atomic E-state index is -1.79. The van der Waals surface area contributed by atoms with E-state index in [2.05, 4.69) is 104 Å². The van der Waals surface area contributed by atoms with Gasteiger partial charge in [0, 0.05) is 6.42 Å². The molecule has 0 saturated carbocycles. The smallest absolute Gasteiger partial charge is 0.220 e. The third kappa shape index (κ3) is 33.8. The van der Waals surface area contributed by atoms with Crippen LogP contribution in [-0.4, -0.2) is 140 Å². The van der Waals surface area contributed by atoms with E-state index >= 15 is 0 Å². The highest BCUT2D eigenvalue weighted by Crippen LogP contribution is 2.30. The first-order valence-corrected chi connectivity index (χ1v) is 30.8. The van der Waals surface area contributed by atoms with Gasteiger partial charge in [-0.3, -0.25) is 4.79 Å². The molecule has 0 aromatic rings. The zero-order valence-electron chi connectivity index (χ0n) is 48.4. The number of aliphatic hydroxyl groups excluding tert-OH is 8. The number of rotatable bonds is 48. The van der Waals surface area contributed by atoms with Crippen molar-refractivity contribution in [2.24, 2.45) is 0 Å². The fourth-order valence-corrected chi connectivity index (χ4v) is 9.69. The zero-order chi connectivity index (χ0) is 56.7. The summed E-state index contributed by atoms with van der Waals surface area (Å²) < 4.78 is 22.8. The van der Waals surface area contributed by atoms with E-state index in [1.807, 2.05) is 0 Å². The highest BCUT2D eigenvalue weighted by Gasteiger charge is 2.51. The van der Waals surface area contributed by atoms with Gasteiger partial charge < -0.3 is 65.1 Å². The summed E-state index contributed by atoms with van der Waals surface area (Å²) in [5.74, 6) is -0.240. The lowest BCUT2D eigenvalue weighted by Crippen LogP contribution is -2.65. The largest absolute Gasteiger partial charge is 0.394 e. The molecule has 78 heavy (non-hydrogen) atoms. The normalized spacial score (nSPS) is 25.2. The van der Waals surface area contributed by atoms with Gasteiger partial charge >= 0.3 is 0 Å². The standard InChI is InChI=1S/C64H111NO13/c1-3-5-7-9-11-13-15-17-19-21-23-24-25-26-27-28-30-32-34-36-38-40-42-44-46-48-56(69)65-52(53(68)47-45-43-41-39-37-35-33-31-29-22-20-18-16-14-12-10-8-6-4-2)51-75-63-61(74)59(72)62(55(50-67)77-63)78-64-60(73)58(71)57(70)54(49-66)76-64/h5,7,11,13,17,19,23-24,26-27,30,32,36,38,52-55,57-64,66-68,70-74H,3-4,6,8-10,12,14-16,18,20-22,25,28-29,31,33-35,37,39-51H2,1-2H3,(H,65,69)/b7-5-,13-11-,19-17-,24-23-,27-26-,32-30-,38-36-. The minimum Gasteiger partial charge on any atom is -0.394 e. The molecule has 0 aromatic heterocycles. The Balaban J connectivity index is 1.77. The average molecular weight is 1100 g/mol. The minimum absolute atomic E-state index is 0.240. The van der Waals surface area contributed by atoms with E-state index in [0.717, 1.165) is 89.9 Å². The molecule has 9 N–H and O–H groups in total. The van der Waals surface area contributed by atoms with Gasteiger partial charge in [0.1, 0.15) is 48.8 Å². The first-order chi connectivity index (χ1) is 38.1. The SMILES string of the molecule is CC/C=C\C/C=C\C/C=C\C/C=C\C/C=C\C/C=C\C/C=C\CCCCCC(=O)NC(COC1OC(CO)C(OC2OC(CO)C(O)C(O)C2O)C(O)C1O)C(O)CCCCCCCCCCCCCCCCCCCCC. The number of ether oxygens (including phenoxy) is 4. The van der Waals surface area contributed by atoms with Gasteiger partial charge in [-0.1, -0.05) is 227 Å². The fraction of sp³-hybridized carbons (Fsp3) is 0.766. The molecule has 2 rings (SSSR count). The van der Waals surface area contributed by atoms with Gasteiger partial charge in [-0.05, 0) is 70.6 Å². The number of hydrogen-bond donors (Lipinski definition) is 9. The molecule has 2 aliphatic rings. The number of amides is 1. The maximum Gasteiger partial charge on any atom is 0.220 e. The number of carbonyl (C=O) groups is 1. The molecule has 12 atom stereocenters. The Morgan fingerprint density at radius 2 is 0.885 bits per heavy atom. The second-order valence-electron chi connectivity index (χ2n) is 21.5. The molecule has 0 aromatic carbocycles. The van der Waals surface area contributed by atoms with Crippen LogP contribution in [0, 0.1) is 0 Å². The summed E-state index contributed by atoms with van der Waals surface area (Å²) >= 11 is 0. The number of carbonyl (C=O) groups excluding carboxylic acids is 1. The average Bonchev–Trinajstić information content (AvgIpc) is 3.44. The summed E-state index contributed by atoms with van der Waals surface area (Å²) in [4.78, 5) is 13.3. The number of aliphatic hydroxyl groups is 8. The Morgan fingerprint density at radius 1 is 0.474 bits per heavy atom. The van der Waals surface area contributed by atoms with Crippen molar-refractivity contribution >= 4 is 5.91 Å². The van der Waals surface area contributed by atoms with Gasteiger partial charge in [0.05, 0.1) is 32.0 Å². The van der Waals surface area contributed by atoms with Crippen molar-refractivity contribution in [1.29, 1.82) is 0 Å². The molecule has 12 unspecified atom stereocenters. The summed E-state index contributed by atoms with van der Waals surface area (Å²) in [6, 6.07) is -0.853. The molecule has 0 radical (unpaired) electrons. The second kappa shape index (κ2) is 48.8. The molecule has 0 bridgehead atoms. The lowest BCUT2D eigenvalue weighted by Gasteiger charge is -2.46. The third-order valence-electron chi connectivity index (χ3n) is 14.6. The molecule has 0 aliphatic carbocycles. The molecule has 2 heterocycles. The van der Waals surface area contributed by atoms with Gasteiger partial charge in [0.25, 0.3) is 0 Å². The Kier molecular flexibility index (Phi) is 44.6. The maximum atomic E-state index is 13.3. The first kappa shape index (κ1) is 71.3. The number of nitrogens with one attached hydrogen (secondary N) is 1. The van der Waals surface area contributed by atoms with E-state index in [9.17, 15) is 45.6 Å². The van der Waals surface area contributed by atoms with Crippen LogP contribution in [0.3, 0.4) is 0 Å². The summed E-state index contributed by atoms with van der Waals surface area (Å²) in [5.41, 5.74) is 0. The van der Waals surface area contributed by atoms with Crippen molar-refractivity contribution in [3.63, 3.8) is 0 Å². The maximum absolute atomic E-state index is 13.3. The molecule has 2 aliphatic heterocycles. The zero-order valence-corrected chi connectivity index (χ0v) is 48.4. The topological polar surface area (TPSA) is 228 Å². The molecule has 0 spiro atoms. The molecular weight excluding hydrogens is 991 g/mol. The van der Waals surface area contributed by atoms with Crippen molar-refractivity contribution in [1.82, 2.24) is 5.32 Å². The first-order valence-electron chi connectivity index (χ1n) is 30.8. The molecule has 2 saturated heterocycles. The summed E-state index contributed by atoms with van der Waals surface area (Å²) in [6.45, 7) is 2.73. The van der Waals surface area contributed by atoms with Crippen LogP contribution in [0.2, 0.25) is 0 Å².